The number of aryl methyl sites for hydroxylation is 2. The fourth-order valence-corrected chi connectivity index (χ4v) is 3.91. The molecule has 0 bridgehead atoms. The van der Waals surface area contributed by atoms with Crippen LogP contribution in [0.1, 0.15) is 38.3 Å². The molecule has 0 unspecified atom stereocenters. The van der Waals surface area contributed by atoms with Crippen molar-refractivity contribution in [1.82, 2.24) is 20.3 Å². The summed E-state index contributed by atoms with van der Waals surface area (Å²) in [6.45, 7) is 2.85. The number of hydrogen-bond donors (Lipinski definition) is 3. The largest absolute Gasteiger partial charge is 0.454 e. The summed E-state index contributed by atoms with van der Waals surface area (Å²) >= 11 is 0. The molecule has 2 aliphatic rings. The predicted molar refractivity (Wildman–Crippen MR) is 112 cm³/mol. The summed E-state index contributed by atoms with van der Waals surface area (Å²) in [6.07, 6.45) is 5.79. The van der Waals surface area contributed by atoms with Crippen molar-refractivity contribution < 1.29 is 24.1 Å². The topological polar surface area (TPSA) is 120 Å². The number of aromatic nitrogens is 3. The van der Waals surface area contributed by atoms with Gasteiger partial charge in [-0.05, 0) is 37.8 Å². The van der Waals surface area contributed by atoms with Crippen molar-refractivity contribution in [2.75, 3.05) is 18.7 Å². The molecule has 2 aromatic rings. The van der Waals surface area contributed by atoms with E-state index < -0.39 is 6.10 Å². The Morgan fingerprint density at radius 3 is 3.00 bits per heavy atom. The van der Waals surface area contributed by atoms with Gasteiger partial charge in [0.25, 0.3) is 0 Å². The molecule has 0 aliphatic carbocycles. The molecule has 31 heavy (non-hydrogen) atoms. The molecule has 0 saturated carbocycles. The lowest BCUT2D eigenvalue weighted by molar-refractivity contribution is -0.0905. The minimum absolute atomic E-state index is 0.00551. The first kappa shape index (κ1) is 21.4. The second-order valence-corrected chi connectivity index (χ2v) is 7.84. The second kappa shape index (κ2) is 9.97. The number of amides is 2. The number of fused-ring (bicyclic) bond motifs is 1. The maximum absolute atomic E-state index is 12.4. The first-order chi connectivity index (χ1) is 15.1. The molecule has 0 spiro atoms. The summed E-state index contributed by atoms with van der Waals surface area (Å²) in [5, 5.41) is 23.8. The van der Waals surface area contributed by atoms with Gasteiger partial charge >= 0.3 is 6.03 Å². The highest BCUT2D eigenvalue weighted by atomic mass is 16.7. The summed E-state index contributed by atoms with van der Waals surface area (Å²) in [6, 6.07) is 4.60. The van der Waals surface area contributed by atoms with Crippen LogP contribution < -0.4 is 20.1 Å². The number of nitrogens with one attached hydrogen (secondary N) is 2. The third-order valence-corrected chi connectivity index (χ3v) is 5.51. The van der Waals surface area contributed by atoms with Crippen LogP contribution in [0.15, 0.2) is 24.4 Å². The number of benzene rings is 1. The standard InChI is InChI=1S/C21H29N5O5/c1-2-3-15-11-26(25-24-15)9-8-16-5-6-17(20(12-27)31-16)23-21(28)22-14-4-7-18-19(10-14)30-13-29-18/h4,7,10-11,16-17,20,27H,2-3,5-6,8-9,12-13H2,1H3,(H2,22,23,28)/t16-,17-,20-/m0/s1. The molecule has 0 radical (unpaired) electrons. The van der Waals surface area contributed by atoms with Crippen LogP contribution in [-0.4, -0.2) is 57.8 Å². The lowest BCUT2D eigenvalue weighted by Crippen LogP contribution is -2.52. The van der Waals surface area contributed by atoms with Crippen molar-refractivity contribution >= 4 is 11.7 Å². The average Bonchev–Trinajstić information content (AvgIpc) is 3.42. The highest BCUT2D eigenvalue weighted by molar-refractivity contribution is 5.90. The highest BCUT2D eigenvalue weighted by Gasteiger charge is 2.32. The van der Waals surface area contributed by atoms with Gasteiger partial charge in [-0.3, -0.25) is 4.68 Å². The lowest BCUT2D eigenvalue weighted by Gasteiger charge is -2.36. The predicted octanol–water partition coefficient (Wildman–Crippen LogP) is 2.08. The van der Waals surface area contributed by atoms with E-state index in [9.17, 15) is 9.90 Å². The van der Waals surface area contributed by atoms with Gasteiger partial charge in [-0.15, -0.1) is 5.10 Å². The quantitative estimate of drug-likeness (QED) is 0.585. The van der Waals surface area contributed by atoms with Crippen LogP contribution in [0.25, 0.3) is 0 Å². The van der Waals surface area contributed by atoms with Gasteiger partial charge in [-0.1, -0.05) is 18.6 Å². The van der Waals surface area contributed by atoms with Gasteiger partial charge in [0.1, 0.15) is 6.10 Å². The maximum atomic E-state index is 12.4. The van der Waals surface area contributed by atoms with Gasteiger partial charge in [-0.2, -0.15) is 0 Å². The number of hydrogen-bond acceptors (Lipinski definition) is 7. The molecule has 1 saturated heterocycles. The van der Waals surface area contributed by atoms with Gasteiger partial charge in [0.15, 0.2) is 11.5 Å². The summed E-state index contributed by atoms with van der Waals surface area (Å²) in [7, 11) is 0. The number of nitrogens with zero attached hydrogens (tertiary/aromatic N) is 3. The van der Waals surface area contributed by atoms with Crippen molar-refractivity contribution in [3.63, 3.8) is 0 Å². The van der Waals surface area contributed by atoms with Gasteiger partial charge in [0, 0.05) is 24.5 Å². The number of rotatable bonds is 8. The highest BCUT2D eigenvalue weighted by Crippen LogP contribution is 2.34. The Labute approximate surface area is 180 Å². The second-order valence-electron chi connectivity index (χ2n) is 7.84. The number of urea groups is 1. The number of aliphatic hydroxyl groups is 1. The summed E-state index contributed by atoms with van der Waals surface area (Å²) in [5.74, 6) is 1.26. The number of carbonyl (C=O) groups excluding carboxylic acids is 1. The van der Waals surface area contributed by atoms with E-state index >= 15 is 0 Å². The van der Waals surface area contributed by atoms with Crippen molar-refractivity contribution in [2.45, 2.75) is 63.8 Å². The molecule has 3 atom stereocenters. The maximum Gasteiger partial charge on any atom is 0.319 e. The van der Waals surface area contributed by atoms with Crippen LogP contribution in [-0.2, 0) is 17.7 Å². The monoisotopic (exact) mass is 431 g/mol. The van der Waals surface area contributed by atoms with E-state index in [-0.39, 0.29) is 31.6 Å². The number of carbonyl (C=O) groups is 1. The summed E-state index contributed by atoms with van der Waals surface area (Å²) in [4.78, 5) is 12.4. The molecule has 2 aliphatic heterocycles. The van der Waals surface area contributed by atoms with E-state index in [4.69, 9.17) is 14.2 Å². The lowest BCUT2D eigenvalue weighted by atomic mass is 9.97. The van der Waals surface area contributed by atoms with Crippen LogP contribution in [0.2, 0.25) is 0 Å². The molecular formula is C21H29N5O5. The van der Waals surface area contributed by atoms with E-state index in [0.717, 1.165) is 37.8 Å². The third-order valence-electron chi connectivity index (χ3n) is 5.51. The minimum Gasteiger partial charge on any atom is -0.454 e. The first-order valence-electron chi connectivity index (χ1n) is 10.8. The van der Waals surface area contributed by atoms with E-state index in [0.29, 0.717) is 23.7 Å². The smallest absolute Gasteiger partial charge is 0.319 e. The molecule has 2 amide bonds. The zero-order chi connectivity index (χ0) is 21.6. The van der Waals surface area contributed by atoms with Crippen LogP contribution in [0.4, 0.5) is 10.5 Å². The zero-order valence-electron chi connectivity index (χ0n) is 17.6. The fraction of sp³-hybridized carbons (Fsp3) is 0.571. The number of ether oxygens (including phenoxy) is 3. The summed E-state index contributed by atoms with van der Waals surface area (Å²) < 4.78 is 18.5. The normalized spacial score (nSPS) is 22.3. The molecular weight excluding hydrogens is 402 g/mol. The van der Waals surface area contributed by atoms with Gasteiger partial charge in [0.2, 0.25) is 6.79 Å². The van der Waals surface area contributed by atoms with Crippen molar-refractivity contribution in [3.05, 3.63) is 30.1 Å². The molecule has 3 heterocycles. The molecule has 3 N–H and O–H groups in total. The zero-order valence-corrected chi connectivity index (χ0v) is 17.6. The van der Waals surface area contributed by atoms with Crippen molar-refractivity contribution in [2.24, 2.45) is 0 Å². The summed E-state index contributed by atoms with van der Waals surface area (Å²) in [5.41, 5.74) is 1.60. The molecule has 1 aromatic heterocycles. The first-order valence-corrected chi connectivity index (χ1v) is 10.8. The molecule has 1 fully saturated rings. The van der Waals surface area contributed by atoms with E-state index in [2.05, 4.69) is 27.9 Å². The third kappa shape index (κ3) is 5.45. The average molecular weight is 431 g/mol. The Morgan fingerprint density at radius 1 is 1.29 bits per heavy atom. The van der Waals surface area contributed by atoms with Crippen LogP contribution >= 0.6 is 0 Å². The van der Waals surface area contributed by atoms with E-state index in [1.54, 1.807) is 18.2 Å². The van der Waals surface area contributed by atoms with Gasteiger partial charge < -0.3 is 30.0 Å². The van der Waals surface area contributed by atoms with Gasteiger partial charge in [-0.25, -0.2) is 4.79 Å². The molecule has 4 rings (SSSR count). The molecule has 10 heteroatoms. The van der Waals surface area contributed by atoms with Crippen LogP contribution in [0.5, 0.6) is 11.5 Å². The SMILES string of the molecule is CCCc1cn(CC[C@@H]2CC[C@H](NC(=O)Nc3ccc4c(c3)OCO4)[C@H](CO)O2)nn1. The minimum atomic E-state index is -0.451. The molecule has 1 aromatic carbocycles. The Hall–Kier alpha value is -2.85. The van der Waals surface area contributed by atoms with Gasteiger partial charge in [0.05, 0.1) is 24.4 Å². The van der Waals surface area contributed by atoms with Crippen molar-refractivity contribution in [3.8, 4) is 11.5 Å². The van der Waals surface area contributed by atoms with E-state index in [1.807, 2.05) is 10.9 Å². The Morgan fingerprint density at radius 2 is 2.16 bits per heavy atom. The molecule has 168 valence electrons. The Bertz CT molecular complexity index is 889. The van der Waals surface area contributed by atoms with E-state index in [1.165, 1.54) is 0 Å². The van der Waals surface area contributed by atoms with Crippen LogP contribution in [0, 0.1) is 0 Å². The van der Waals surface area contributed by atoms with Crippen LogP contribution in [0.3, 0.4) is 0 Å². The van der Waals surface area contributed by atoms with Crippen molar-refractivity contribution in [1.29, 1.82) is 0 Å². The number of anilines is 1. The fourth-order valence-electron chi connectivity index (χ4n) is 3.91. The Balaban J connectivity index is 1.24. The molecule has 10 nitrogen and oxygen atoms in total. The Kier molecular flexibility index (Phi) is 6.88. The number of aliphatic hydroxyl groups excluding tert-OH is 1.